The first-order valence-corrected chi connectivity index (χ1v) is 6.07. The van der Waals surface area contributed by atoms with E-state index in [4.69, 9.17) is 15.6 Å². The number of carboxylic acids is 1. The van der Waals surface area contributed by atoms with E-state index in [9.17, 15) is 9.59 Å². The number of carbonyl (C=O) groups excluding carboxylic acids is 1. The van der Waals surface area contributed by atoms with Crippen LogP contribution in [0.1, 0.15) is 18.4 Å². The van der Waals surface area contributed by atoms with Gasteiger partial charge >= 0.3 is 5.97 Å². The van der Waals surface area contributed by atoms with Crippen molar-refractivity contribution in [2.45, 2.75) is 25.3 Å². The number of fused-ring (bicyclic) bond motifs is 1. The Morgan fingerprint density at radius 2 is 2.32 bits per heavy atom. The lowest BCUT2D eigenvalue weighted by Gasteiger charge is -2.12. The molecule has 2 rings (SSSR count). The predicted molar refractivity (Wildman–Crippen MR) is 69.1 cm³/mol. The molecule has 6 nitrogen and oxygen atoms in total. The largest absolute Gasteiger partial charge is 0.491 e. The van der Waals surface area contributed by atoms with E-state index in [1.807, 2.05) is 6.07 Å². The average molecular weight is 264 g/mol. The van der Waals surface area contributed by atoms with Crippen LogP contribution in [0.2, 0.25) is 0 Å². The normalized spacial score (nSPS) is 15.7. The predicted octanol–water partition coefficient (Wildman–Crippen LogP) is 0.752. The van der Waals surface area contributed by atoms with E-state index in [2.05, 4.69) is 5.32 Å². The zero-order valence-corrected chi connectivity index (χ0v) is 10.4. The monoisotopic (exact) mass is 264 g/mol. The third-order valence-corrected chi connectivity index (χ3v) is 2.84. The molecular formula is C13H16N2O4. The summed E-state index contributed by atoms with van der Waals surface area (Å²) < 4.78 is 5.43. The molecule has 0 saturated heterocycles. The number of benzene rings is 1. The Hall–Kier alpha value is -2.08. The molecule has 1 aromatic rings. The van der Waals surface area contributed by atoms with Gasteiger partial charge in [-0.25, -0.2) is 0 Å². The van der Waals surface area contributed by atoms with E-state index in [1.54, 1.807) is 12.1 Å². The lowest BCUT2D eigenvalue weighted by molar-refractivity contribution is -0.137. The number of hydrogen-bond acceptors (Lipinski definition) is 4. The summed E-state index contributed by atoms with van der Waals surface area (Å²) in [5.41, 5.74) is 7.23. The minimum Gasteiger partial charge on any atom is -0.491 e. The maximum atomic E-state index is 11.4. The van der Waals surface area contributed by atoms with Crippen LogP contribution in [0, 0.1) is 0 Å². The van der Waals surface area contributed by atoms with Crippen molar-refractivity contribution in [1.82, 2.24) is 0 Å². The van der Waals surface area contributed by atoms with Crippen LogP contribution in [0.15, 0.2) is 18.2 Å². The Labute approximate surface area is 110 Å². The van der Waals surface area contributed by atoms with Crippen LogP contribution < -0.4 is 15.8 Å². The maximum Gasteiger partial charge on any atom is 0.304 e. The molecule has 0 fully saturated rings. The fourth-order valence-corrected chi connectivity index (χ4v) is 1.99. The van der Waals surface area contributed by atoms with Crippen molar-refractivity contribution < 1.29 is 19.4 Å². The molecule has 0 bridgehead atoms. The van der Waals surface area contributed by atoms with Crippen molar-refractivity contribution in [3.05, 3.63) is 23.8 Å². The zero-order chi connectivity index (χ0) is 13.8. The van der Waals surface area contributed by atoms with Gasteiger partial charge in [-0.05, 0) is 24.1 Å². The molecule has 6 heteroatoms. The smallest absolute Gasteiger partial charge is 0.304 e. The van der Waals surface area contributed by atoms with Gasteiger partial charge in [-0.1, -0.05) is 6.07 Å². The molecule has 1 aromatic carbocycles. The van der Waals surface area contributed by atoms with Gasteiger partial charge in [0.25, 0.3) is 0 Å². The van der Waals surface area contributed by atoms with Gasteiger partial charge < -0.3 is 20.9 Å². The first-order chi connectivity index (χ1) is 9.04. The Kier molecular flexibility index (Phi) is 4.01. The average Bonchev–Trinajstić information content (AvgIpc) is 2.48. The summed E-state index contributed by atoms with van der Waals surface area (Å²) in [6, 6.07) is 4.93. The summed E-state index contributed by atoms with van der Waals surface area (Å²) in [6.07, 6.45) is 0.679. The molecule has 0 spiro atoms. The molecule has 102 valence electrons. The second-order valence-corrected chi connectivity index (χ2v) is 4.54. The lowest BCUT2D eigenvalue weighted by Crippen LogP contribution is -2.26. The Balaban J connectivity index is 2.11. The number of anilines is 1. The number of nitrogens with two attached hydrogens (primary N) is 1. The van der Waals surface area contributed by atoms with Crippen LogP contribution in [0.5, 0.6) is 5.75 Å². The van der Waals surface area contributed by atoms with E-state index in [0.29, 0.717) is 30.9 Å². The second kappa shape index (κ2) is 5.71. The molecule has 1 unspecified atom stereocenters. The summed E-state index contributed by atoms with van der Waals surface area (Å²) in [5.74, 6) is -0.383. The minimum absolute atomic E-state index is 0.0834. The molecule has 1 heterocycles. The van der Waals surface area contributed by atoms with E-state index in [0.717, 1.165) is 5.56 Å². The van der Waals surface area contributed by atoms with Crippen molar-refractivity contribution in [1.29, 1.82) is 0 Å². The third-order valence-electron chi connectivity index (χ3n) is 2.84. The van der Waals surface area contributed by atoms with Gasteiger partial charge in [-0.2, -0.15) is 0 Å². The number of rotatable bonds is 4. The maximum absolute atomic E-state index is 11.4. The molecule has 1 aliphatic rings. The highest BCUT2D eigenvalue weighted by atomic mass is 16.5. The van der Waals surface area contributed by atoms with E-state index in [-0.39, 0.29) is 12.3 Å². The number of amides is 1. The molecule has 1 atom stereocenters. The van der Waals surface area contributed by atoms with Gasteiger partial charge in [0, 0.05) is 6.04 Å². The van der Waals surface area contributed by atoms with Crippen molar-refractivity contribution in [3.8, 4) is 5.75 Å². The van der Waals surface area contributed by atoms with Crippen LogP contribution in [0.4, 0.5) is 5.69 Å². The third kappa shape index (κ3) is 3.69. The first kappa shape index (κ1) is 13.4. The standard InChI is InChI=1S/C13H16N2O4/c14-9(7-13(17)18)5-8-1-2-11-10(6-8)15-12(16)3-4-19-11/h1-2,6,9H,3-5,7,14H2,(H,15,16)(H,17,18). The quantitative estimate of drug-likeness (QED) is 0.745. The lowest BCUT2D eigenvalue weighted by atomic mass is 10.0. The van der Waals surface area contributed by atoms with Crippen LogP contribution in [0.3, 0.4) is 0 Å². The van der Waals surface area contributed by atoms with Gasteiger partial charge in [0.15, 0.2) is 0 Å². The second-order valence-electron chi connectivity index (χ2n) is 4.54. The molecule has 0 aromatic heterocycles. The molecule has 4 N–H and O–H groups in total. The van der Waals surface area contributed by atoms with Gasteiger partial charge in [0.1, 0.15) is 5.75 Å². The van der Waals surface area contributed by atoms with Gasteiger partial charge in [0.2, 0.25) is 5.91 Å². The SMILES string of the molecule is NC(CC(=O)O)Cc1ccc2c(c1)NC(=O)CCO2. The zero-order valence-electron chi connectivity index (χ0n) is 10.4. The van der Waals surface area contributed by atoms with Crippen molar-refractivity contribution in [3.63, 3.8) is 0 Å². The van der Waals surface area contributed by atoms with E-state index >= 15 is 0 Å². The van der Waals surface area contributed by atoms with Gasteiger partial charge in [-0.3, -0.25) is 9.59 Å². The van der Waals surface area contributed by atoms with Crippen molar-refractivity contribution in [2.24, 2.45) is 5.73 Å². The summed E-state index contributed by atoms with van der Waals surface area (Å²) >= 11 is 0. The number of ether oxygens (including phenoxy) is 1. The van der Waals surface area contributed by atoms with E-state index < -0.39 is 12.0 Å². The van der Waals surface area contributed by atoms with Crippen molar-refractivity contribution >= 4 is 17.6 Å². The Bertz CT molecular complexity index is 501. The number of carboxylic acid groups (broad SMARTS) is 1. The molecule has 0 saturated carbocycles. The number of aliphatic carboxylic acids is 1. The highest BCUT2D eigenvalue weighted by Gasteiger charge is 2.15. The molecule has 19 heavy (non-hydrogen) atoms. The number of hydrogen-bond donors (Lipinski definition) is 3. The number of carbonyl (C=O) groups is 2. The van der Waals surface area contributed by atoms with Crippen LogP contribution in [0.25, 0.3) is 0 Å². The fourth-order valence-electron chi connectivity index (χ4n) is 1.99. The molecular weight excluding hydrogens is 248 g/mol. The summed E-state index contributed by atoms with van der Waals surface area (Å²) in [4.78, 5) is 22.0. The topological polar surface area (TPSA) is 102 Å². The molecule has 0 aliphatic carbocycles. The molecule has 1 aliphatic heterocycles. The summed E-state index contributed by atoms with van der Waals surface area (Å²) in [6.45, 7) is 0.358. The minimum atomic E-state index is -0.918. The summed E-state index contributed by atoms with van der Waals surface area (Å²) in [5, 5.41) is 11.4. The fraction of sp³-hybridized carbons (Fsp3) is 0.385. The molecule has 0 radical (unpaired) electrons. The Morgan fingerprint density at radius 3 is 3.05 bits per heavy atom. The first-order valence-electron chi connectivity index (χ1n) is 6.07. The van der Waals surface area contributed by atoms with Gasteiger partial charge in [0.05, 0.1) is 25.1 Å². The highest BCUT2D eigenvalue weighted by molar-refractivity contribution is 5.93. The van der Waals surface area contributed by atoms with Gasteiger partial charge in [-0.15, -0.1) is 0 Å². The van der Waals surface area contributed by atoms with Crippen LogP contribution in [-0.2, 0) is 16.0 Å². The van der Waals surface area contributed by atoms with Crippen LogP contribution in [-0.4, -0.2) is 29.6 Å². The molecule has 1 amide bonds. The highest BCUT2D eigenvalue weighted by Crippen LogP contribution is 2.28. The summed E-state index contributed by atoms with van der Waals surface area (Å²) in [7, 11) is 0. The Morgan fingerprint density at radius 1 is 1.53 bits per heavy atom. The number of nitrogens with one attached hydrogen (secondary N) is 1. The van der Waals surface area contributed by atoms with E-state index in [1.165, 1.54) is 0 Å². The van der Waals surface area contributed by atoms with Crippen LogP contribution >= 0.6 is 0 Å². The van der Waals surface area contributed by atoms with Crippen molar-refractivity contribution in [2.75, 3.05) is 11.9 Å².